The summed E-state index contributed by atoms with van der Waals surface area (Å²) in [6, 6.07) is 10.4. The van der Waals surface area contributed by atoms with Crippen molar-refractivity contribution >= 4 is 17.9 Å². The molecule has 0 spiro atoms. The lowest BCUT2D eigenvalue weighted by Crippen LogP contribution is -2.28. The lowest BCUT2D eigenvalue weighted by molar-refractivity contribution is -0.111. The van der Waals surface area contributed by atoms with Gasteiger partial charge in [-0.1, -0.05) is 18.2 Å². The van der Waals surface area contributed by atoms with Crippen molar-refractivity contribution in [2.24, 2.45) is 0 Å². The predicted molar refractivity (Wildman–Crippen MR) is 128 cm³/mol. The Kier molecular flexibility index (Phi) is 8.02. The zero-order chi connectivity index (χ0) is 26.6. The second kappa shape index (κ2) is 10.8. The molecule has 0 atom stereocenters. The third-order valence-electron chi connectivity index (χ3n) is 5.86. The van der Waals surface area contributed by atoms with Crippen LogP contribution < -0.4 is 15.0 Å². The van der Waals surface area contributed by atoms with Gasteiger partial charge in [-0.05, 0) is 37.6 Å². The maximum atomic E-state index is 14.8. The number of nitrogens with one attached hydrogen (secondary N) is 1. The summed E-state index contributed by atoms with van der Waals surface area (Å²) in [7, 11) is 3.05. The molecule has 190 valence electrons. The van der Waals surface area contributed by atoms with Crippen LogP contribution in [-0.4, -0.2) is 26.4 Å². The summed E-state index contributed by atoms with van der Waals surface area (Å²) >= 11 is 0. The van der Waals surface area contributed by atoms with Crippen molar-refractivity contribution in [3.8, 4) is 5.75 Å². The van der Waals surface area contributed by atoms with Gasteiger partial charge in [0.2, 0.25) is 0 Å². The number of carbonyl (C=O) groups is 2. The molecule has 5 nitrogen and oxygen atoms in total. The van der Waals surface area contributed by atoms with Gasteiger partial charge in [0.1, 0.15) is 23.7 Å². The van der Waals surface area contributed by atoms with Gasteiger partial charge >= 0.3 is 0 Å². The largest absolute Gasteiger partial charge is 0.494 e. The molecule has 0 aliphatic heterocycles. The quantitative estimate of drug-likeness (QED) is 0.319. The van der Waals surface area contributed by atoms with Gasteiger partial charge in [0, 0.05) is 60.1 Å². The molecule has 0 bridgehead atoms. The first kappa shape index (κ1) is 26.7. The van der Waals surface area contributed by atoms with Crippen molar-refractivity contribution in [3.05, 3.63) is 94.1 Å². The van der Waals surface area contributed by atoms with Gasteiger partial charge in [0.05, 0.1) is 7.11 Å². The van der Waals surface area contributed by atoms with Crippen molar-refractivity contribution in [1.29, 1.82) is 0 Å². The number of rotatable bonds is 9. The van der Waals surface area contributed by atoms with E-state index in [1.165, 1.54) is 25.3 Å². The number of halogens is 4. The number of methoxy groups -OCH3 is 1. The van der Waals surface area contributed by atoms with Gasteiger partial charge in [-0.3, -0.25) is 4.79 Å². The highest BCUT2D eigenvalue weighted by Crippen LogP contribution is 2.33. The molecule has 0 radical (unpaired) electrons. The van der Waals surface area contributed by atoms with E-state index in [1.54, 1.807) is 44.0 Å². The van der Waals surface area contributed by atoms with Gasteiger partial charge in [0.25, 0.3) is 5.91 Å². The van der Waals surface area contributed by atoms with E-state index in [4.69, 9.17) is 4.74 Å². The summed E-state index contributed by atoms with van der Waals surface area (Å²) in [5.41, 5.74) is 0.164. The number of hydrogen-bond donors (Lipinski definition) is 1. The average Bonchev–Trinajstić information content (AvgIpc) is 2.84. The molecule has 0 unspecified atom stereocenters. The fraction of sp³-hybridized carbons (Fsp3) is 0.259. The minimum Gasteiger partial charge on any atom is -0.494 e. The van der Waals surface area contributed by atoms with Crippen molar-refractivity contribution in [2.45, 2.75) is 32.4 Å². The Morgan fingerprint density at radius 1 is 1.06 bits per heavy atom. The van der Waals surface area contributed by atoms with Crippen LogP contribution in [0.25, 0.3) is 0 Å². The van der Waals surface area contributed by atoms with Crippen LogP contribution in [0.1, 0.15) is 40.9 Å². The number of benzene rings is 3. The standard InChI is InChI=1S/C27H26F4N2O3/c1-27(2,15-34)20-9-8-16(26(35)32-13-19-21(29)11-18(28)12-22(19)30)10-23(20)33(3)14-17-6-5-7-24(36-4)25(17)31/h5-12,15H,13-14H2,1-4H3,(H,32,35). The van der Waals surface area contributed by atoms with Crippen molar-refractivity contribution in [1.82, 2.24) is 5.32 Å². The fourth-order valence-corrected chi connectivity index (χ4v) is 3.79. The fourth-order valence-electron chi connectivity index (χ4n) is 3.79. The van der Waals surface area contributed by atoms with E-state index >= 15 is 0 Å². The van der Waals surface area contributed by atoms with Crippen molar-refractivity contribution in [3.63, 3.8) is 0 Å². The normalized spacial score (nSPS) is 11.2. The van der Waals surface area contributed by atoms with Gasteiger partial charge in [0.15, 0.2) is 11.6 Å². The monoisotopic (exact) mass is 502 g/mol. The van der Waals surface area contributed by atoms with E-state index in [-0.39, 0.29) is 17.9 Å². The first-order valence-electron chi connectivity index (χ1n) is 11.0. The molecule has 0 saturated heterocycles. The number of amides is 1. The molecule has 0 aliphatic carbocycles. The molecule has 3 aromatic carbocycles. The molecule has 9 heteroatoms. The number of hydrogen-bond acceptors (Lipinski definition) is 4. The van der Waals surface area contributed by atoms with Gasteiger partial charge in [-0.2, -0.15) is 0 Å². The highest BCUT2D eigenvalue weighted by atomic mass is 19.1. The van der Waals surface area contributed by atoms with Crippen LogP contribution in [0, 0.1) is 23.3 Å². The van der Waals surface area contributed by atoms with Crippen LogP contribution in [0.5, 0.6) is 5.75 Å². The SMILES string of the molecule is COc1cccc(CN(C)c2cc(C(=O)NCc3c(F)cc(F)cc3F)ccc2C(C)(C)C=O)c1F. The summed E-state index contributed by atoms with van der Waals surface area (Å²) in [4.78, 5) is 26.3. The molecule has 36 heavy (non-hydrogen) atoms. The summed E-state index contributed by atoms with van der Waals surface area (Å²) in [5, 5.41) is 2.42. The van der Waals surface area contributed by atoms with E-state index in [2.05, 4.69) is 5.32 Å². The molecule has 0 fully saturated rings. The zero-order valence-corrected chi connectivity index (χ0v) is 20.3. The third kappa shape index (κ3) is 5.67. The molecule has 1 amide bonds. The van der Waals surface area contributed by atoms with Crippen LogP contribution in [0.3, 0.4) is 0 Å². The first-order chi connectivity index (χ1) is 17.0. The first-order valence-corrected chi connectivity index (χ1v) is 11.0. The number of nitrogens with zero attached hydrogens (tertiary/aromatic N) is 1. The zero-order valence-electron chi connectivity index (χ0n) is 20.3. The number of anilines is 1. The summed E-state index contributed by atoms with van der Waals surface area (Å²) in [5.74, 6) is -4.37. The Morgan fingerprint density at radius 2 is 1.72 bits per heavy atom. The number of aldehydes is 1. The van der Waals surface area contributed by atoms with E-state index in [0.29, 0.717) is 28.9 Å². The van der Waals surface area contributed by atoms with E-state index in [9.17, 15) is 27.2 Å². The van der Waals surface area contributed by atoms with Crippen LogP contribution in [0.4, 0.5) is 23.2 Å². The minimum atomic E-state index is -1.11. The van der Waals surface area contributed by atoms with E-state index in [1.807, 2.05) is 0 Å². The summed E-state index contributed by atoms with van der Waals surface area (Å²) < 4.78 is 60.8. The van der Waals surface area contributed by atoms with Crippen LogP contribution in [-0.2, 0) is 23.3 Å². The Bertz CT molecular complexity index is 1270. The maximum absolute atomic E-state index is 14.8. The Hall–Kier alpha value is -3.88. The Labute approximate surface area is 206 Å². The summed E-state index contributed by atoms with van der Waals surface area (Å²) in [6.07, 6.45) is 0.769. The van der Waals surface area contributed by atoms with Gasteiger partial charge in [-0.25, -0.2) is 17.6 Å². The predicted octanol–water partition coefficient (Wildman–Crippen LogP) is 5.29. The third-order valence-corrected chi connectivity index (χ3v) is 5.86. The lowest BCUT2D eigenvalue weighted by atomic mass is 9.84. The van der Waals surface area contributed by atoms with Crippen LogP contribution in [0.15, 0.2) is 48.5 Å². The smallest absolute Gasteiger partial charge is 0.251 e. The van der Waals surface area contributed by atoms with Crippen molar-refractivity contribution < 1.29 is 31.9 Å². The number of ether oxygens (including phenoxy) is 1. The Balaban J connectivity index is 1.93. The highest BCUT2D eigenvalue weighted by Gasteiger charge is 2.26. The van der Waals surface area contributed by atoms with E-state index in [0.717, 1.165) is 6.29 Å². The molecule has 3 rings (SSSR count). The minimum absolute atomic E-state index is 0.0859. The number of carbonyl (C=O) groups excluding carboxylic acids is 2. The molecule has 0 heterocycles. The van der Waals surface area contributed by atoms with Gasteiger partial charge < -0.3 is 19.7 Å². The topological polar surface area (TPSA) is 58.6 Å². The molecule has 0 aliphatic rings. The molecule has 3 aromatic rings. The van der Waals surface area contributed by atoms with E-state index < -0.39 is 46.7 Å². The molecular formula is C27H26F4N2O3. The summed E-state index contributed by atoms with van der Waals surface area (Å²) in [6.45, 7) is 3.01. The molecule has 0 saturated carbocycles. The van der Waals surface area contributed by atoms with Crippen molar-refractivity contribution in [2.75, 3.05) is 19.1 Å². The average molecular weight is 503 g/mol. The second-order valence-corrected chi connectivity index (χ2v) is 8.89. The van der Waals surface area contributed by atoms with Gasteiger partial charge in [-0.15, -0.1) is 0 Å². The lowest BCUT2D eigenvalue weighted by Gasteiger charge is -2.29. The molecule has 0 aromatic heterocycles. The molecular weight excluding hydrogens is 476 g/mol. The second-order valence-electron chi connectivity index (χ2n) is 8.89. The van der Waals surface area contributed by atoms with Crippen LogP contribution in [0.2, 0.25) is 0 Å². The Morgan fingerprint density at radius 3 is 2.33 bits per heavy atom. The maximum Gasteiger partial charge on any atom is 0.251 e. The highest BCUT2D eigenvalue weighted by molar-refractivity contribution is 5.95. The molecule has 1 N–H and O–H groups in total. The van der Waals surface area contributed by atoms with Crippen LogP contribution >= 0.6 is 0 Å².